The van der Waals surface area contributed by atoms with Gasteiger partial charge < -0.3 is 10.8 Å². The molecular weight excluding hydrogens is 214 g/mol. The minimum absolute atomic E-state index is 0.207. The van der Waals surface area contributed by atoms with E-state index in [1.54, 1.807) is 12.1 Å². The van der Waals surface area contributed by atoms with Crippen LogP contribution in [-0.2, 0) is 0 Å². The van der Waals surface area contributed by atoms with Crippen LogP contribution in [0.2, 0.25) is 0 Å². The van der Waals surface area contributed by atoms with Gasteiger partial charge in [-0.3, -0.25) is 0 Å². The van der Waals surface area contributed by atoms with Crippen molar-refractivity contribution >= 4 is 11.7 Å². The first-order valence-electron chi connectivity index (χ1n) is 5.28. The molecule has 0 saturated carbocycles. The molecule has 86 valence electrons. The van der Waals surface area contributed by atoms with E-state index in [2.05, 4.69) is 0 Å². The summed E-state index contributed by atoms with van der Waals surface area (Å²) in [6.07, 6.45) is 0. The van der Waals surface area contributed by atoms with Gasteiger partial charge in [-0.15, -0.1) is 0 Å². The highest BCUT2D eigenvalue weighted by Gasteiger charge is 2.07. The number of carboxylic acid groups (broad SMARTS) is 1. The molecule has 2 aromatic rings. The monoisotopic (exact) mass is 227 g/mol. The van der Waals surface area contributed by atoms with Crippen LogP contribution in [0, 0.1) is 6.92 Å². The first kappa shape index (κ1) is 11.2. The normalized spacial score (nSPS) is 10.2. The van der Waals surface area contributed by atoms with Crippen molar-refractivity contribution in [2.75, 3.05) is 5.73 Å². The maximum atomic E-state index is 10.8. The van der Waals surface area contributed by atoms with Crippen molar-refractivity contribution in [3.8, 4) is 11.1 Å². The van der Waals surface area contributed by atoms with Crippen LogP contribution in [0.4, 0.5) is 5.69 Å². The lowest BCUT2D eigenvalue weighted by Crippen LogP contribution is -1.99. The summed E-state index contributed by atoms with van der Waals surface area (Å²) in [5.74, 6) is -0.965. The van der Waals surface area contributed by atoms with Crippen molar-refractivity contribution in [1.29, 1.82) is 0 Å². The summed E-state index contributed by atoms with van der Waals surface area (Å²) in [6, 6.07) is 12.7. The van der Waals surface area contributed by atoms with E-state index in [4.69, 9.17) is 10.8 Å². The number of carboxylic acids is 1. The predicted molar refractivity (Wildman–Crippen MR) is 68.0 cm³/mol. The van der Waals surface area contributed by atoms with E-state index in [9.17, 15) is 4.79 Å². The van der Waals surface area contributed by atoms with Gasteiger partial charge in [0.15, 0.2) is 0 Å². The van der Waals surface area contributed by atoms with Crippen molar-refractivity contribution in [3.63, 3.8) is 0 Å². The van der Waals surface area contributed by atoms with Crippen molar-refractivity contribution < 1.29 is 9.90 Å². The highest BCUT2D eigenvalue weighted by atomic mass is 16.4. The van der Waals surface area contributed by atoms with Gasteiger partial charge in [0.25, 0.3) is 0 Å². The summed E-state index contributed by atoms with van der Waals surface area (Å²) < 4.78 is 0. The SMILES string of the molecule is Cc1cccc(-c2ccc(C(=O)O)cc2N)c1. The third-order valence-corrected chi connectivity index (χ3v) is 2.63. The number of rotatable bonds is 2. The minimum Gasteiger partial charge on any atom is -0.478 e. The summed E-state index contributed by atoms with van der Waals surface area (Å²) in [7, 11) is 0. The number of nitrogen functional groups attached to an aromatic ring is 1. The molecule has 0 unspecified atom stereocenters. The number of aromatic carboxylic acids is 1. The number of anilines is 1. The first-order valence-corrected chi connectivity index (χ1v) is 5.28. The molecule has 17 heavy (non-hydrogen) atoms. The first-order chi connectivity index (χ1) is 8.08. The summed E-state index contributed by atoms with van der Waals surface area (Å²) in [4.78, 5) is 10.8. The molecule has 0 fully saturated rings. The lowest BCUT2D eigenvalue weighted by molar-refractivity contribution is 0.0697. The maximum absolute atomic E-state index is 10.8. The Bertz CT molecular complexity index is 576. The Morgan fingerprint density at radius 1 is 1.18 bits per heavy atom. The molecule has 3 heteroatoms. The van der Waals surface area contributed by atoms with E-state index < -0.39 is 5.97 Å². The van der Waals surface area contributed by atoms with Gasteiger partial charge in [0.2, 0.25) is 0 Å². The molecule has 2 rings (SSSR count). The molecule has 0 radical (unpaired) electrons. The van der Waals surface area contributed by atoms with E-state index in [1.165, 1.54) is 6.07 Å². The van der Waals surface area contributed by atoms with Crippen molar-refractivity contribution in [2.24, 2.45) is 0 Å². The molecular formula is C14H13NO2. The third-order valence-electron chi connectivity index (χ3n) is 2.63. The Morgan fingerprint density at radius 3 is 2.53 bits per heavy atom. The maximum Gasteiger partial charge on any atom is 0.335 e. The van der Waals surface area contributed by atoms with Gasteiger partial charge in [-0.25, -0.2) is 4.79 Å². The van der Waals surface area contributed by atoms with Gasteiger partial charge in [-0.1, -0.05) is 35.9 Å². The highest BCUT2D eigenvalue weighted by molar-refractivity contribution is 5.91. The number of hydrogen-bond donors (Lipinski definition) is 2. The molecule has 3 nitrogen and oxygen atoms in total. The molecule has 0 bridgehead atoms. The Morgan fingerprint density at radius 2 is 1.94 bits per heavy atom. The van der Waals surface area contributed by atoms with Crippen LogP contribution in [-0.4, -0.2) is 11.1 Å². The number of nitrogens with two attached hydrogens (primary N) is 1. The van der Waals surface area contributed by atoms with E-state index in [-0.39, 0.29) is 5.56 Å². The molecule has 0 amide bonds. The minimum atomic E-state index is -0.965. The fraction of sp³-hybridized carbons (Fsp3) is 0.0714. The zero-order valence-corrected chi connectivity index (χ0v) is 9.47. The Balaban J connectivity index is 2.50. The van der Waals surface area contributed by atoms with Gasteiger partial charge in [0.1, 0.15) is 0 Å². The van der Waals surface area contributed by atoms with Crippen molar-refractivity contribution in [2.45, 2.75) is 6.92 Å². The summed E-state index contributed by atoms with van der Waals surface area (Å²) in [6.45, 7) is 2.01. The number of hydrogen-bond acceptors (Lipinski definition) is 2. The van der Waals surface area contributed by atoms with Gasteiger partial charge in [-0.05, 0) is 24.6 Å². The van der Waals surface area contributed by atoms with Crippen LogP contribution in [0.15, 0.2) is 42.5 Å². The quantitative estimate of drug-likeness (QED) is 0.775. The van der Waals surface area contributed by atoms with Crippen LogP contribution in [0.1, 0.15) is 15.9 Å². The Labute approximate surface area is 99.5 Å². The standard InChI is InChI=1S/C14H13NO2/c1-9-3-2-4-10(7-9)12-6-5-11(14(16)17)8-13(12)15/h2-8H,15H2,1H3,(H,16,17). The molecule has 0 aliphatic rings. The zero-order valence-electron chi connectivity index (χ0n) is 9.47. The largest absolute Gasteiger partial charge is 0.478 e. The summed E-state index contributed by atoms with van der Waals surface area (Å²) in [5, 5.41) is 8.86. The average molecular weight is 227 g/mol. The Hall–Kier alpha value is -2.29. The van der Waals surface area contributed by atoms with Crippen LogP contribution in [0.25, 0.3) is 11.1 Å². The smallest absolute Gasteiger partial charge is 0.335 e. The second-order valence-electron chi connectivity index (χ2n) is 3.98. The zero-order chi connectivity index (χ0) is 12.4. The molecule has 0 aliphatic carbocycles. The van der Waals surface area contributed by atoms with Gasteiger partial charge >= 0.3 is 5.97 Å². The summed E-state index contributed by atoms with van der Waals surface area (Å²) >= 11 is 0. The predicted octanol–water partition coefficient (Wildman–Crippen LogP) is 2.94. The van der Waals surface area contributed by atoms with Crippen molar-refractivity contribution in [1.82, 2.24) is 0 Å². The fourth-order valence-electron chi connectivity index (χ4n) is 1.77. The fourth-order valence-corrected chi connectivity index (χ4v) is 1.77. The molecule has 0 aromatic heterocycles. The van der Waals surface area contributed by atoms with E-state index in [1.807, 2.05) is 31.2 Å². The number of aryl methyl sites for hydroxylation is 1. The molecule has 0 aliphatic heterocycles. The van der Waals surface area contributed by atoms with Gasteiger partial charge in [0, 0.05) is 11.3 Å². The summed E-state index contributed by atoms with van der Waals surface area (Å²) in [5.41, 5.74) is 9.57. The van der Waals surface area contributed by atoms with Crippen LogP contribution >= 0.6 is 0 Å². The van der Waals surface area contributed by atoms with Gasteiger partial charge in [-0.2, -0.15) is 0 Å². The molecule has 2 aromatic carbocycles. The topological polar surface area (TPSA) is 63.3 Å². The second-order valence-corrected chi connectivity index (χ2v) is 3.98. The van der Waals surface area contributed by atoms with Crippen LogP contribution in [0.5, 0.6) is 0 Å². The van der Waals surface area contributed by atoms with Crippen LogP contribution < -0.4 is 5.73 Å². The number of benzene rings is 2. The van der Waals surface area contributed by atoms with E-state index >= 15 is 0 Å². The lowest BCUT2D eigenvalue weighted by atomic mass is 10.0. The van der Waals surface area contributed by atoms with E-state index in [0.717, 1.165) is 16.7 Å². The van der Waals surface area contributed by atoms with E-state index in [0.29, 0.717) is 5.69 Å². The molecule has 0 saturated heterocycles. The second kappa shape index (κ2) is 4.29. The third kappa shape index (κ3) is 2.28. The van der Waals surface area contributed by atoms with Gasteiger partial charge in [0.05, 0.1) is 5.56 Å². The Kier molecular flexibility index (Phi) is 2.83. The molecule has 3 N–H and O–H groups in total. The average Bonchev–Trinajstić information content (AvgIpc) is 2.28. The molecule has 0 heterocycles. The van der Waals surface area contributed by atoms with Crippen LogP contribution in [0.3, 0.4) is 0 Å². The highest BCUT2D eigenvalue weighted by Crippen LogP contribution is 2.27. The molecule has 0 atom stereocenters. The van der Waals surface area contributed by atoms with Crippen molar-refractivity contribution in [3.05, 3.63) is 53.6 Å². The molecule has 0 spiro atoms. The lowest BCUT2D eigenvalue weighted by Gasteiger charge is -2.07. The number of carbonyl (C=O) groups is 1.